The molecule has 0 N–H and O–H groups in total. The van der Waals surface area contributed by atoms with Crippen LogP contribution in [-0.4, -0.2) is 39.5 Å². The fraction of sp³-hybridized carbons (Fsp3) is 1.00. The zero-order chi connectivity index (χ0) is 10.5. The van der Waals surface area contributed by atoms with Gasteiger partial charge in [0.25, 0.3) is 0 Å². The maximum atomic E-state index is 1.64. The minimum atomic E-state index is 0. The summed E-state index contributed by atoms with van der Waals surface area (Å²) in [6.45, 7) is 0. The Balaban J connectivity index is -0.000000157. The van der Waals surface area contributed by atoms with Crippen molar-refractivity contribution in [3.8, 4) is 0 Å². The van der Waals surface area contributed by atoms with Gasteiger partial charge in [-0.2, -0.15) is 0 Å². The van der Waals surface area contributed by atoms with Crippen molar-refractivity contribution in [3.05, 3.63) is 0 Å². The van der Waals surface area contributed by atoms with Gasteiger partial charge in [-0.25, -0.2) is 0 Å². The van der Waals surface area contributed by atoms with Gasteiger partial charge in [0, 0.05) is 19.0 Å². The largest absolute Gasteiger partial charge is 0.0778 e. The Bertz CT molecular complexity index is 71.9. The highest BCUT2D eigenvalue weighted by Gasteiger charge is 1.96. The van der Waals surface area contributed by atoms with Crippen LogP contribution in [0.4, 0.5) is 0 Å². The van der Waals surface area contributed by atoms with Gasteiger partial charge in [0.15, 0.2) is 0 Å². The van der Waals surface area contributed by atoms with Crippen molar-refractivity contribution in [1.29, 1.82) is 0 Å². The van der Waals surface area contributed by atoms with E-state index in [9.17, 15) is 0 Å². The minimum absolute atomic E-state index is 0. The maximum absolute atomic E-state index is 1.64. The predicted octanol–water partition coefficient (Wildman–Crippen LogP) is 1.33. The Kier molecular flexibility index (Phi) is 29.2. The van der Waals surface area contributed by atoms with Gasteiger partial charge in [0.05, 0.1) is 0 Å². The van der Waals surface area contributed by atoms with Gasteiger partial charge < -0.3 is 0 Å². The molecule has 0 radical (unpaired) electrons. The average molecular weight is 295 g/mol. The normalized spacial score (nSPS) is 18.0. The van der Waals surface area contributed by atoms with Gasteiger partial charge in [-0.15, -0.1) is 0 Å². The second-order valence-corrected chi connectivity index (χ2v) is 14.5. The SMILES string of the molecule is C.C.C1CC[SiH2]C1.C1CC[SiH2]CC1.[SiH3]C[SiH3]. The van der Waals surface area contributed by atoms with Gasteiger partial charge >= 0.3 is 0 Å². The predicted molar refractivity (Wildman–Crippen MR) is 97.5 cm³/mol. The number of rotatable bonds is 0. The quantitative estimate of drug-likeness (QED) is 0.591. The molecule has 4 heteroatoms. The molecule has 0 saturated carbocycles. The average Bonchev–Trinajstić information content (AvgIpc) is 2.80. The topological polar surface area (TPSA) is 0 Å². The number of hydrogen-bond acceptors (Lipinski definition) is 0. The zero-order valence-corrected chi connectivity index (χ0v) is 17.3. The van der Waals surface area contributed by atoms with Crippen molar-refractivity contribution in [3.63, 3.8) is 0 Å². The molecule has 0 amide bonds. The van der Waals surface area contributed by atoms with Crippen molar-refractivity contribution < 1.29 is 0 Å². The van der Waals surface area contributed by atoms with Crippen LogP contribution in [0.25, 0.3) is 0 Å². The first-order valence-electron chi connectivity index (χ1n) is 6.91. The minimum Gasteiger partial charge on any atom is -0.0778 e. The lowest BCUT2D eigenvalue weighted by Crippen LogP contribution is -1.94. The van der Waals surface area contributed by atoms with Gasteiger partial charge in [-0.1, -0.05) is 76.8 Å². The highest BCUT2D eigenvalue weighted by Crippen LogP contribution is 2.10. The van der Waals surface area contributed by atoms with Crippen LogP contribution < -0.4 is 0 Å². The summed E-state index contributed by atoms with van der Waals surface area (Å²) in [5.41, 5.74) is 1.53. The molecule has 0 aromatic rings. The first-order chi connectivity index (χ1) is 6.91. The van der Waals surface area contributed by atoms with Crippen molar-refractivity contribution in [1.82, 2.24) is 0 Å². The summed E-state index contributed by atoms with van der Waals surface area (Å²) in [4.78, 5) is 0. The molecule has 2 aliphatic heterocycles. The molecule has 2 aliphatic rings. The van der Waals surface area contributed by atoms with Gasteiger partial charge in [-0.3, -0.25) is 0 Å². The van der Waals surface area contributed by atoms with E-state index in [0.29, 0.717) is 19.0 Å². The smallest absolute Gasteiger partial charge is 0.0197 e. The Hall–Kier alpha value is 0.868. The van der Waals surface area contributed by atoms with Crippen molar-refractivity contribution in [2.45, 2.75) is 76.8 Å². The standard InChI is InChI=1S/C5H12Si.C4H10Si.CH8Si2.2CH4/c1-2-4-6-5-3-1;1-2-4-5-3-1;2-1-3;;/h1-6H2;1-5H2;1H2,2-3H3;2*1H4. The van der Waals surface area contributed by atoms with Crippen LogP contribution in [0.5, 0.6) is 0 Å². The zero-order valence-electron chi connectivity index (χ0n) is 10.5. The lowest BCUT2D eigenvalue weighted by Gasteiger charge is -2.04. The molecular weight excluding hydrogens is 256 g/mol. The molecule has 0 aromatic carbocycles. The Morgan fingerprint density at radius 1 is 0.625 bits per heavy atom. The molecule has 102 valence electrons. The second-order valence-electron chi connectivity index (χ2n) is 4.60. The molecule has 0 atom stereocenters. The molecule has 0 unspecified atom stereocenters. The summed E-state index contributed by atoms with van der Waals surface area (Å²) in [5, 5.41) is 0. The summed E-state index contributed by atoms with van der Waals surface area (Å²) in [7, 11) is 3.91. The molecule has 0 nitrogen and oxygen atoms in total. The van der Waals surface area contributed by atoms with Crippen LogP contribution in [0, 0.1) is 0 Å². The Morgan fingerprint density at radius 2 is 0.875 bits per heavy atom. The lowest BCUT2D eigenvalue weighted by molar-refractivity contribution is 0.734. The number of hydrogen-bond donors (Lipinski definition) is 0. The lowest BCUT2D eigenvalue weighted by atomic mass is 10.3. The van der Waals surface area contributed by atoms with Crippen molar-refractivity contribution in [2.75, 3.05) is 0 Å². The molecule has 0 aromatic heterocycles. The van der Waals surface area contributed by atoms with Gasteiger partial charge in [-0.05, 0) is 20.5 Å². The van der Waals surface area contributed by atoms with Crippen molar-refractivity contribution >= 4 is 39.5 Å². The van der Waals surface area contributed by atoms with Crippen LogP contribution in [0.1, 0.15) is 47.0 Å². The first-order valence-corrected chi connectivity index (χ1v) is 13.7. The maximum Gasteiger partial charge on any atom is 0.0197 e. The molecule has 2 fully saturated rings. The fourth-order valence-electron chi connectivity index (χ4n) is 1.94. The second kappa shape index (κ2) is 21.2. The third-order valence-corrected chi connectivity index (χ3v) is 6.75. The van der Waals surface area contributed by atoms with E-state index in [4.69, 9.17) is 0 Å². The van der Waals surface area contributed by atoms with Crippen LogP contribution in [0.15, 0.2) is 0 Å². The molecule has 2 heterocycles. The molecule has 0 bridgehead atoms. The molecule has 2 saturated heterocycles. The van der Waals surface area contributed by atoms with Crippen molar-refractivity contribution in [2.24, 2.45) is 0 Å². The van der Waals surface area contributed by atoms with Crippen LogP contribution in [-0.2, 0) is 0 Å². The van der Waals surface area contributed by atoms with E-state index in [0.717, 1.165) is 0 Å². The third kappa shape index (κ3) is 20.3. The molecule has 0 spiro atoms. The van der Waals surface area contributed by atoms with Crippen LogP contribution >= 0.6 is 0 Å². The van der Waals surface area contributed by atoms with Gasteiger partial charge in [0.2, 0.25) is 0 Å². The third-order valence-electron chi connectivity index (χ3n) is 2.75. The summed E-state index contributed by atoms with van der Waals surface area (Å²) in [6, 6.07) is 6.56. The molecule has 0 aliphatic carbocycles. The molecule has 2 rings (SSSR count). The first kappa shape index (κ1) is 22.1. The Morgan fingerprint density at radius 3 is 1.00 bits per heavy atom. The summed E-state index contributed by atoms with van der Waals surface area (Å²) in [5.74, 6) is 0. The summed E-state index contributed by atoms with van der Waals surface area (Å²) < 4.78 is 0. The summed E-state index contributed by atoms with van der Waals surface area (Å²) in [6.07, 6.45) is 7.78. The fourth-order valence-corrected chi connectivity index (χ4v) is 5.48. The highest BCUT2D eigenvalue weighted by atomic mass is 28.2. The van der Waals surface area contributed by atoms with Crippen LogP contribution in [0.2, 0.25) is 29.8 Å². The van der Waals surface area contributed by atoms with Crippen LogP contribution in [0.3, 0.4) is 0 Å². The van der Waals surface area contributed by atoms with E-state index >= 15 is 0 Å². The van der Waals surface area contributed by atoms with E-state index < -0.39 is 0 Å². The summed E-state index contributed by atoms with van der Waals surface area (Å²) >= 11 is 0. The van der Waals surface area contributed by atoms with E-state index in [1.165, 1.54) is 32.6 Å². The van der Waals surface area contributed by atoms with E-state index in [1.807, 2.05) is 0 Å². The molecule has 16 heavy (non-hydrogen) atoms. The van der Waals surface area contributed by atoms with E-state index in [-0.39, 0.29) is 14.9 Å². The monoisotopic (exact) mass is 294 g/mol. The Labute approximate surface area is 116 Å². The molecular formula is C12H38Si4. The van der Waals surface area contributed by atoms with E-state index in [2.05, 4.69) is 0 Å². The highest BCUT2D eigenvalue weighted by molar-refractivity contribution is 6.36. The van der Waals surface area contributed by atoms with Gasteiger partial charge in [0.1, 0.15) is 0 Å². The van der Waals surface area contributed by atoms with E-state index in [1.54, 1.807) is 49.9 Å².